The first-order valence-electron chi connectivity index (χ1n) is 10.1. The molecule has 2 unspecified atom stereocenters. The van der Waals surface area contributed by atoms with Crippen LogP contribution in [0.4, 0.5) is 0 Å². The Hall–Kier alpha value is -1.92. The summed E-state index contributed by atoms with van der Waals surface area (Å²) in [6.07, 6.45) is 7.94. The Morgan fingerprint density at radius 1 is 1.23 bits per heavy atom. The maximum atomic E-state index is 12.7. The predicted molar refractivity (Wildman–Crippen MR) is 96.1 cm³/mol. The molecule has 2 N–H and O–H groups in total. The lowest BCUT2D eigenvalue weighted by molar-refractivity contribution is -0.142. The summed E-state index contributed by atoms with van der Waals surface area (Å²) >= 11 is 0. The van der Waals surface area contributed by atoms with E-state index in [2.05, 4.69) is 27.7 Å². The van der Waals surface area contributed by atoms with Crippen LogP contribution in [0, 0.1) is 17.8 Å². The monoisotopic (exact) mass is 359 g/mol. The molecule has 2 amide bonds. The predicted octanol–water partition coefficient (Wildman–Crippen LogP) is 1.45. The zero-order valence-corrected chi connectivity index (χ0v) is 15.5. The highest BCUT2D eigenvalue weighted by molar-refractivity contribution is 5.81. The number of aromatic amines is 1. The van der Waals surface area contributed by atoms with Gasteiger partial charge in [-0.25, -0.2) is 0 Å². The molecule has 1 saturated heterocycles. The average Bonchev–Trinajstić information content (AvgIpc) is 3.02. The number of carbonyl (C=O) groups is 2. The number of hydrogen-bond donors (Lipinski definition) is 2. The molecule has 0 radical (unpaired) electrons. The summed E-state index contributed by atoms with van der Waals surface area (Å²) in [6, 6.07) is 0.122. The largest absolute Gasteiger partial charge is 0.350 e. The standard InChI is InChI=1S/C19H29N5O2/c1-2-12(13-4-3-5-13)9-18(25)20-15-10-24(11-15)19(26)14-6-7-16-17(8-14)22-23-21-16/h12-15H,2-11H2,1H3,(H,20,25)(H,21,22,23). The molecule has 2 heterocycles. The van der Waals surface area contributed by atoms with Gasteiger partial charge in [0, 0.05) is 31.8 Å². The highest BCUT2D eigenvalue weighted by atomic mass is 16.2. The number of aromatic nitrogens is 3. The van der Waals surface area contributed by atoms with Crippen molar-refractivity contribution in [1.29, 1.82) is 0 Å². The first-order valence-corrected chi connectivity index (χ1v) is 10.1. The van der Waals surface area contributed by atoms with Crippen LogP contribution in [0.25, 0.3) is 0 Å². The minimum absolute atomic E-state index is 0.00680. The number of hydrogen-bond acceptors (Lipinski definition) is 4. The van der Waals surface area contributed by atoms with Gasteiger partial charge in [0.15, 0.2) is 0 Å². The van der Waals surface area contributed by atoms with E-state index in [1.165, 1.54) is 19.3 Å². The van der Waals surface area contributed by atoms with Crippen molar-refractivity contribution in [3.63, 3.8) is 0 Å². The molecule has 26 heavy (non-hydrogen) atoms. The highest BCUT2D eigenvalue weighted by Gasteiger charge is 2.37. The van der Waals surface area contributed by atoms with E-state index in [-0.39, 0.29) is 23.8 Å². The Morgan fingerprint density at radius 3 is 2.69 bits per heavy atom. The lowest BCUT2D eigenvalue weighted by Crippen LogP contribution is -2.62. The molecule has 2 aliphatic carbocycles. The van der Waals surface area contributed by atoms with E-state index < -0.39 is 0 Å². The SMILES string of the molecule is CCC(CC(=O)NC1CN(C(=O)C2CCc3n[nH]nc3C2)C1)C1CCC1. The molecular formula is C19H29N5O2. The molecule has 7 nitrogen and oxygen atoms in total. The van der Waals surface area contributed by atoms with Crippen LogP contribution in [-0.2, 0) is 22.4 Å². The molecule has 1 saturated carbocycles. The molecule has 1 aromatic heterocycles. The van der Waals surface area contributed by atoms with Crippen molar-refractivity contribution in [3.8, 4) is 0 Å². The smallest absolute Gasteiger partial charge is 0.226 e. The summed E-state index contributed by atoms with van der Waals surface area (Å²) in [7, 11) is 0. The van der Waals surface area contributed by atoms with Crippen LogP contribution in [-0.4, -0.2) is 51.3 Å². The number of rotatable bonds is 6. The van der Waals surface area contributed by atoms with Crippen LogP contribution in [0.5, 0.6) is 0 Å². The molecule has 1 aliphatic heterocycles. The average molecular weight is 359 g/mol. The minimum Gasteiger partial charge on any atom is -0.350 e. The quantitative estimate of drug-likeness (QED) is 0.804. The molecule has 0 bridgehead atoms. The number of likely N-dealkylation sites (tertiary alicyclic amines) is 1. The summed E-state index contributed by atoms with van der Waals surface area (Å²) in [5.41, 5.74) is 1.93. The van der Waals surface area contributed by atoms with E-state index in [0.717, 1.165) is 36.6 Å². The Balaban J connectivity index is 1.20. The molecular weight excluding hydrogens is 330 g/mol. The number of carbonyl (C=O) groups excluding carboxylic acids is 2. The van der Waals surface area contributed by atoms with E-state index in [4.69, 9.17) is 0 Å². The van der Waals surface area contributed by atoms with Crippen LogP contribution >= 0.6 is 0 Å². The minimum atomic E-state index is 0.00680. The third kappa shape index (κ3) is 3.48. The number of fused-ring (bicyclic) bond motifs is 1. The fourth-order valence-electron chi connectivity index (χ4n) is 4.58. The van der Waals surface area contributed by atoms with Crippen LogP contribution < -0.4 is 5.32 Å². The molecule has 1 aromatic rings. The summed E-state index contributed by atoms with van der Waals surface area (Å²) in [5, 5.41) is 14.0. The van der Waals surface area contributed by atoms with Gasteiger partial charge < -0.3 is 10.2 Å². The van der Waals surface area contributed by atoms with Gasteiger partial charge in [0.2, 0.25) is 11.8 Å². The molecule has 2 fully saturated rings. The Morgan fingerprint density at radius 2 is 2.00 bits per heavy atom. The summed E-state index contributed by atoms with van der Waals surface area (Å²) < 4.78 is 0. The number of H-pyrrole nitrogens is 1. The van der Waals surface area contributed by atoms with Gasteiger partial charge in [0.25, 0.3) is 0 Å². The summed E-state index contributed by atoms with van der Waals surface area (Å²) in [4.78, 5) is 26.8. The van der Waals surface area contributed by atoms with Crippen molar-refractivity contribution in [2.75, 3.05) is 13.1 Å². The van der Waals surface area contributed by atoms with E-state index in [1.807, 2.05) is 4.90 Å². The van der Waals surface area contributed by atoms with E-state index in [9.17, 15) is 9.59 Å². The lowest BCUT2D eigenvalue weighted by Gasteiger charge is -2.42. The van der Waals surface area contributed by atoms with E-state index in [1.54, 1.807) is 0 Å². The van der Waals surface area contributed by atoms with Crippen molar-refractivity contribution >= 4 is 11.8 Å². The molecule has 142 valence electrons. The second-order valence-electron chi connectivity index (χ2n) is 8.23. The number of nitrogens with zero attached hydrogens (tertiary/aromatic N) is 3. The van der Waals surface area contributed by atoms with Crippen LogP contribution in [0.3, 0.4) is 0 Å². The molecule has 0 aromatic carbocycles. The normalized spacial score (nSPS) is 24.3. The zero-order chi connectivity index (χ0) is 18.1. The van der Waals surface area contributed by atoms with Crippen LogP contribution in [0.15, 0.2) is 0 Å². The van der Waals surface area contributed by atoms with E-state index >= 15 is 0 Å². The van der Waals surface area contributed by atoms with Gasteiger partial charge in [-0.2, -0.15) is 15.4 Å². The topological polar surface area (TPSA) is 91.0 Å². The van der Waals surface area contributed by atoms with Crippen LogP contribution in [0.1, 0.15) is 56.8 Å². The van der Waals surface area contributed by atoms with Gasteiger partial charge in [-0.3, -0.25) is 9.59 Å². The van der Waals surface area contributed by atoms with Gasteiger partial charge in [-0.1, -0.05) is 32.6 Å². The Kier molecular flexibility index (Phi) is 4.96. The lowest BCUT2D eigenvalue weighted by atomic mass is 9.73. The van der Waals surface area contributed by atoms with Crippen molar-refractivity contribution in [3.05, 3.63) is 11.4 Å². The maximum Gasteiger partial charge on any atom is 0.226 e. The summed E-state index contributed by atoms with van der Waals surface area (Å²) in [5.74, 6) is 1.64. The van der Waals surface area contributed by atoms with Crippen molar-refractivity contribution < 1.29 is 9.59 Å². The van der Waals surface area contributed by atoms with Gasteiger partial charge in [0.1, 0.15) is 0 Å². The van der Waals surface area contributed by atoms with Gasteiger partial charge in [-0.15, -0.1) is 0 Å². The molecule has 4 rings (SSSR count). The number of aryl methyl sites for hydroxylation is 1. The van der Waals surface area contributed by atoms with Crippen molar-refractivity contribution in [2.45, 2.75) is 64.3 Å². The van der Waals surface area contributed by atoms with Gasteiger partial charge in [-0.05, 0) is 24.7 Å². The Bertz CT molecular complexity index is 663. The van der Waals surface area contributed by atoms with E-state index in [0.29, 0.717) is 31.8 Å². The number of amides is 2. The fourth-order valence-corrected chi connectivity index (χ4v) is 4.58. The number of nitrogens with one attached hydrogen (secondary N) is 2. The molecule has 2 atom stereocenters. The van der Waals surface area contributed by atoms with Gasteiger partial charge in [0.05, 0.1) is 17.4 Å². The molecule has 3 aliphatic rings. The first-order chi connectivity index (χ1) is 12.6. The third-order valence-corrected chi connectivity index (χ3v) is 6.57. The van der Waals surface area contributed by atoms with Crippen molar-refractivity contribution in [1.82, 2.24) is 25.6 Å². The van der Waals surface area contributed by atoms with Crippen molar-refractivity contribution in [2.24, 2.45) is 17.8 Å². The highest BCUT2D eigenvalue weighted by Crippen LogP contribution is 2.36. The second kappa shape index (κ2) is 7.37. The molecule has 7 heteroatoms. The van der Waals surface area contributed by atoms with Crippen LogP contribution in [0.2, 0.25) is 0 Å². The molecule has 0 spiro atoms. The Labute approximate surface area is 154 Å². The summed E-state index contributed by atoms with van der Waals surface area (Å²) in [6.45, 7) is 3.48. The first kappa shape index (κ1) is 17.5. The fraction of sp³-hybridized carbons (Fsp3) is 0.789. The third-order valence-electron chi connectivity index (χ3n) is 6.57. The van der Waals surface area contributed by atoms with Gasteiger partial charge >= 0.3 is 0 Å². The second-order valence-corrected chi connectivity index (χ2v) is 8.23. The maximum absolute atomic E-state index is 12.7. The zero-order valence-electron chi connectivity index (χ0n) is 15.5.